The molecule has 9 nitrogen and oxygen atoms in total. The molecule has 0 aliphatic carbocycles. The van der Waals surface area contributed by atoms with Crippen molar-refractivity contribution in [3.05, 3.63) is 142 Å². The Labute approximate surface area is 279 Å². The number of halogens is 1. The van der Waals surface area contributed by atoms with E-state index < -0.39 is 30.4 Å². The molecule has 0 atom stereocenters. The topological polar surface area (TPSA) is 125 Å². The highest BCUT2D eigenvalue weighted by Gasteiger charge is 2.35. The van der Waals surface area contributed by atoms with E-state index in [0.717, 1.165) is 22.9 Å². The molecular weight excluding hydrogens is 670 g/mol. The summed E-state index contributed by atoms with van der Waals surface area (Å²) in [6.07, 6.45) is 7.94. The van der Waals surface area contributed by atoms with Crippen LogP contribution in [0.15, 0.2) is 130 Å². The molecule has 1 aliphatic heterocycles. The Bertz CT molecular complexity index is 1710. The molecule has 1 aliphatic rings. The molecule has 3 aromatic rings. The maximum absolute atomic E-state index is 13.9. The number of thioether (sulfide) groups is 1. The van der Waals surface area contributed by atoms with Crippen LogP contribution in [0.25, 0.3) is 6.08 Å². The van der Waals surface area contributed by atoms with E-state index in [1.807, 2.05) is 60.7 Å². The van der Waals surface area contributed by atoms with Crippen molar-refractivity contribution in [1.29, 1.82) is 0 Å². The Balaban J connectivity index is 1.60. The zero-order chi connectivity index (χ0) is 33.1. The zero-order valence-corrected chi connectivity index (χ0v) is 27.2. The molecule has 46 heavy (non-hydrogen) atoms. The van der Waals surface area contributed by atoms with E-state index in [4.69, 9.17) is 9.84 Å². The van der Waals surface area contributed by atoms with Gasteiger partial charge in [0, 0.05) is 5.70 Å². The predicted octanol–water partition coefficient (Wildman–Crippen LogP) is 6.31. The van der Waals surface area contributed by atoms with Crippen molar-refractivity contribution in [3.63, 3.8) is 0 Å². The van der Waals surface area contributed by atoms with E-state index in [1.54, 1.807) is 43.4 Å². The van der Waals surface area contributed by atoms with Crippen LogP contribution in [0.3, 0.4) is 0 Å². The molecule has 0 radical (unpaired) electrons. The molecule has 2 N–H and O–H groups in total. The van der Waals surface area contributed by atoms with Gasteiger partial charge >= 0.3 is 5.97 Å². The van der Waals surface area contributed by atoms with E-state index in [-0.39, 0.29) is 28.2 Å². The van der Waals surface area contributed by atoms with E-state index in [1.165, 1.54) is 17.0 Å². The summed E-state index contributed by atoms with van der Waals surface area (Å²) in [7, 11) is 0. The molecule has 3 aromatic carbocycles. The summed E-state index contributed by atoms with van der Waals surface area (Å²) in [6.45, 7) is 4.90. The number of hydrogen-bond donors (Lipinski definition) is 2. The van der Waals surface area contributed by atoms with Gasteiger partial charge in [-0.2, -0.15) is 4.99 Å². The number of carbonyl (C=O) groups is 4. The van der Waals surface area contributed by atoms with Crippen LogP contribution in [0.2, 0.25) is 0 Å². The number of ether oxygens (including phenoxy) is 1. The summed E-state index contributed by atoms with van der Waals surface area (Å²) in [6, 6.07) is 23.5. The largest absolute Gasteiger partial charge is 0.481 e. The fourth-order valence-corrected chi connectivity index (χ4v) is 5.74. The third-order valence-corrected chi connectivity index (χ3v) is 8.09. The molecule has 0 fully saturated rings. The van der Waals surface area contributed by atoms with E-state index >= 15 is 0 Å². The average molecular weight is 701 g/mol. The number of nitrogens with one attached hydrogen (secondary N) is 1. The number of hydrogen-bond acceptors (Lipinski definition) is 6. The number of carboxylic acids is 1. The Morgan fingerprint density at radius 3 is 2.28 bits per heavy atom. The Morgan fingerprint density at radius 2 is 1.72 bits per heavy atom. The lowest BCUT2D eigenvalue weighted by Crippen LogP contribution is -2.42. The Morgan fingerprint density at radius 1 is 1.07 bits per heavy atom. The average Bonchev–Trinajstić information content (AvgIpc) is 3.06. The van der Waals surface area contributed by atoms with Crippen LogP contribution < -0.4 is 10.1 Å². The minimum Gasteiger partial charge on any atom is -0.481 e. The summed E-state index contributed by atoms with van der Waals surface area (Å²) >= 11 is 4.31. The molecule has 0 saturated carbocycles. The maximum atomic E-state index is 13.9. The number of carboxylic acid groups (broad SMARTS) is 1. The monoisotopic (exact) mass is 699 g/mol. The quantitative estimate of drug-likeness (QED) is 0.129. The van der Waals surface area contributed by atoms with Crippen molar-refractivity contribution in [2.75, 3.05) is 12.4 Å². The second-order valence-corrected chi connectivity index (χ2v) is 11.5. The zero-order valence-electron chi connectivity index (χ0n) is 24.8. The number of nitrogens with zero attached hydrogens (tertiary/aromatic N) is 2. The third-order valence-electron chi connectivity index (χ3n) is 6.53. The minimum atomic E-state index is -1.13. The van der Waals surface area contributed by atoms with Gasteiger partial charge in [-0.25, -0.2) is 4.79 Å². The van der Waals surface area contributed by atoms with Crippen LogP contribution in [0.5, 0.6) is 5.75 Å². The van der Waals surface area contributed by atoms with Gasteiger partial charge in [0.05, 0.1) is 16.3 Å². The van der Waals surface area contributed by atoms with Crippen molar-refractivity contribution in [1.82, 2.24) is 10.2 Å². The molecule has 0 unspecified atom stereocenters. The number of amidine groups is 1. The summed E-state index contributed by atoms with van der Waals surface area (Å²) < 4.78 is 5.67. The molecule has 0 aromatic heterocycles. The van der Waals surface area contributed by atoms with Gasteiger partial charge in [0.25, 0.3) is 11.8 Å². The highest BCUT2D eigenvalue weighted by Crippen LogP contribution is 2.30. The first-order chi connectivity index (χ1) is 22.2. The molecule has 0 bridgehead atoms. The molecule has 3 amide bonds. The van der Waals surface area contributed by atoms with E-state index in [2.05, 4.69) is 32.8 Å². The number of carbonyl (C=O) groups excluding carboxylic acids is 3. The normalized spacial score (nSPS) is 14.5. The summed E-state index contributed by atoms with van der Waals surface area (Å²) in [5, 5.41) is 12.0. The second-order valence-electron chi connectivity index (χ2n) is 9.69. The van der Waals surface area contributed by atoms with Crippen LogP contribution in [0.1, 0.15) is 29.7 Å². The van der Waals surface area contributed by atoms with E-state index in [9.17, 15) is 19.2 Å². The molecule has 11 heteroatoms. The van der Waals surface area contributed by atoms with Gasteiger partial charge in [-0.1, -0.05) is 103 Å². The predicted molar refractivity (Wildman–Crippen MR) is 183 cm³/mol. The molecule has 0 spiro atoms. The molecule has 1 heterocycles. The second kappa shape index (κ2) is 16.4. The van der Waals surface area contributed by atoms with Crippen LogP contribution in [0, 0.1) is 0 Å². The van der Waals surface area contributed by atoms with Crippen LogP contribution >= 0.6 is 27.7 Å². The minimum absolute atomic E-state index is 0.0543. The number of benzene rings is 3. The molecule has 0 saturated heterocycles. The maximum Gasteiger partial charge on any atom is 0.341 e. The number of amides is 3. The first-order valence-electron chi connectivity index (χ1n) is 14.0. The van der Waals surface area contributed by atoms with Crippen LogP contribution in [-0.2, 0) is 19.2 Å². The lowest BCUT2D eigenvalue weighted by molar-refractivity contribution is -0.139. The van der Waals surface area contributed by atoms with Crippen molar-refractivity contribution in [3.8, 4) is 5.75 Å². The van der Waals surface area contributed by atoms with Gasteiger partial charge < -0.3 is 15.2 Å². The smallest absolute Gasteiger partial charge is 0.341 e. The molecular formula is C35H30BrN3O6S. The third kappa shape index (κ3) is 8.80. The van der Waals surface area contributed by atoms with Gasteiger partial charge in [0.2, 0.25) is 5.91 Å². The first kappa shape index (κ1) is 33.9. The highest BCUT2D eigenvalue weighted by molar-refractivity contribution is 9.10. The first-order valence-corrected chi connectivity index (χ1v) is 15.8. The Hall–Kier alpha value is -5.00. The van der Waals surface area contributed by atoms with Gasteiger partial charge in [-0.15, -0.1) is 0 Å². The summed E-state index contributed by atoms with van der Waals surface area (Å²) in [5.41, 5.74) is 2.53. The van der Waals surface area contributed by atoms with Gasteiger partial charge in [-0.3, -0.25) is 19.3 Å². The number of aliphatic imine (C=N–C) groups is 1. The van der Waals surface area contributed by atoms with Gasteiger partial charge in [0.1, 0.15) is 11.3 Å². The van der Waals surface area contributed by atoms with Crippen molar-refractivity contribution < 1.29 is 29.0 Å². The van der Waals surface area contributed by atoms with Crippen LogP contribution in [0.4, 0.5) is 0 Å². The lowest BCUT2D eigenvalue weighted by Gasteiger charge is -2.28. The van der Waals surface area contributed by atoms with Crippen molar-refractivity contribution in [2.24, 2.45) is 4.99 Å². The van der Waals surface area contributed by atoms with Crippen molar-refractivity contribution in [2.45, 2.75) is 13.0 Å². The number of aliphatic carboxylic acids is 1. The molecule has 234 valence electrons. The fraction of sp³-hybridized carbons (Fsp3) is 0.114. The number of rotatable bonds is 12. The SMILES string of the molecule is C=C/C=C\C(=C/C)N1C(=O)/C(=C/c2ccc(OCC(=O)O)c(Br)c2)C(=O)N=C1SCC(=O)NC(c1ccccc1)c1ccccc1. The van der Waals surface area contributed by atoms with E-state index in [0.29, 0.717) is 15.7 Å². The highest BCUT2D eigenvalue weighted by atomic mass is 79.9. The van der Waals surface area contributed by atoms with Crippen LogP contribution in [-0.4, -0.2) is 51.2 Å². The summed E-state index contributed by atoms with van der Waals surface area (Å²) in [5.74, 6) is -2.66. The standard InChI is InChI=1S/C35H30BrN3O6S/c1-3-5-16-26(4-2)39-34(44)27(19-23-17-18-29(28(36)20-23)45-21-31(41)42)33(43)38-35(39)46-22-30(40)37-32(24-12-8-6-9-13-24)25-14-10-7-11-15-25/h3-20,32H,1,21-22H2,2H3,(H,37,40)(H,41,42)/b16-5-,26-4+,27-19+. The Kier molecular flexibility index (Phi) is 12.0. The fourth-order valence-electron chi connectivity index (χ4n) is 4.42. The van der Waals surface area contributed by atoms with Crippen molar-refractivity contribution >= 4 is 62.6 Å². The number of allylic oxidation sites excluding steroid dienone is 4. The summed E-state index contributed by atoms with van der Waals surface area (Å²) in [4.78, 5) is 56.8. The molecule has 4 rings (SSSR count). The van der Waals surface area contributed by atoms with Gasteiger partial charge in [0.15, 0.2) is 11.8 Å². The lowest BCUT2D eigenvalue weighted by atomic mass is 9.99. The van der Waals surface area contributed by atoms with Gasteiger partial charge in [-0.05, 0) is 63.8 Å².